The number of nitrogens with two attached hydrogens (primary N) is 1. The Balaban J connectivity index is 1.86. The van der Waals surface area contributed by atoms with Crippen LogP contribution >= 0.6 is 11.6 Å². The molecule has 1 unspecified atom stereocenters. The molecule has 0 spiro atoms. The molecule has 142 valence electrons. The van der Waals surface area contributed by atoms with Crippen molar-refractivity contribution in [2.75, 3.05) is 13.7 Å². The summed E-state index contributed by atoms with van der Waals surface area (Å²) >= 11 is 6.18. The Morgan fingerprint density at radius 3 is 2.36 bits per heavy atom. The van der Waals surface area contributed by atoms with Crippen molar-refractivity contribution in [3.8, 4) is 16.9 Å². The lowest BCUT2D eigenvalue weighted by atomic mass is 9.82. The predicted molar refractivity (Wildman–Crippen MR) is 113 cm³/mol. The average molecular weight is 393 g/mol. The van der Waals surface area contributed by atoms with E-state index in [9.17, 15) is 0 Å². The summed E-state index contributed by atoms with van der Waals surface area (Å²) in [5, 5.41) is 0.704. The highest BCUT2D eigenvalue weighted by Crippen LogP contribution is 2.40. The van der Waals surface area contributed by atoms with Gasteiger partial charge in [-0.1, -0.05) is 48.0 Å². The molecule has 2 N–H and O–H groups in total. The summed E-state index contributed by atoms with van der Waals surface area (Å²) in [5.74, 6) is 0.836. The Labute approximate surface area is 169 Å². The average Bonchev–Trinajstić information content (AvgIpc) is 3.11. The molecule has 0 aliphatic carbocycles. The van der Waals surface area contributed by atoms with Gasteiger partial charge in [-0.25, -0.2) is 4.99 Å². The number of nitrogens with zero attached hydrogens (tertiary/aromatic N) is 1. The van der Waals surface area contributed by atoms with Crippen LogP contribution in [0.25, 0.3) is 11.1 Å². The van der Waals surface area contributed by atoms with Gasteiger partial charge >= 0.3 is 0 Å². The summed E-state index contributed by atoms with van der Waals surface area (Å²) < 4.78 is 11.0. The number of rotatable bonds is 4. The predicted octanol–water partition coefficient (Wildman–Crippen LogP) is 4.91. The van der Waals surface area contributed by atoms with Crippen molar-refractivity contribution in [2.24, 2.45) is 10.7 Å². The molecule has 5 heteroatoms. The number of amidine groups is 1. The lowest BCUT2D eigenvalue weighted by Gasteiger charge is -2.26. The third-order valence-electron chi connectivity index (χ3n) is 5.10. The lowest BCUT2D eigenvalue weighted by molar-refractivity contribution is 0.278. The molecule has 0 saturated carbocycles. The van der Waals surface area contributed by atoms with Crippen molar-refractivity contribution < 1.29 is 9.47 Å². The molecular formula is C23H21ClN2O2. The zero-order valence-electron chi connectivity index (χ0n) is 15.8. The molecule has 1 aliphatic heterocycles. The standard InChI is InChI=1S/C23H21ClN2O2/c1-15-11-19(9-10-21(15)27-2)23(14-28-22(25)26-23)18-7-3-5-16(12-18)17-6-4-8-20(24)13-17/h3-13H,14H2,1-2H3,(H2,25,26). The number of benzene rings is 3. The number of aliphatic imine (C=N–C) groups is 1. The maximum atomic E-state index is 6.18. The van der Waals surface area contributed by atoms with E-state index in [0.29, 0.717) is 11.6 Å². The van der Waals surface area contributed by atoms with Crippen molar-refractivity contribution in [3.05, 3.63) is 88.4 Å². The Hall–Kier alpha value is -2.98. The Morgan fingerprint density at radius 1 is 1.00 bits per heavy atom. The van der Waals surface area contributed by atoms with Crippen molar-refractivity contribution in [2.45, 2.75) is 12.5 Å². The van der Waals surface area contributed by atoms with Crippen LogP contribution in [-0.4, -0.2) is 19.7 Å². The third-order valence-corrected chi connectivity index (χ3v) is 5.34. The fraction of sp³-hybridized carbons (Fsp3) is 0.174. The highest BCUT2D eigenvalue weighted by atomic mass is 35.5. The van der Waals surface area contributed by atoms with Crippen molar-refractivity contribution in [1.29, 1.82) is 0 Å². The van der Waals surface area contributed by atoms with Gasteiger partial charge in [0.2, 0.25) is 0 Å². The van der Waals surface area contributed by atoms with Crippen molar-refractivity contribution in [3.63, 3.8) is 0 Å². The second kappa shape index (κ2) is 7.21. The quantitative estimate of drug-likeness (QED) is 0.686. The van der Waals surface area contributed by atoms with E-state index in [1.165, 1.54) is 0 Å². The summed E-state index contributed by atoms with van der Waals surface area (Å²) in [6.45, 7) is 2.37. The van der Waals surface area contributed by atoms with E-state index in [1.807, 2.05) is 49.4 Å². The van der Waals surface area contributed by atoms with Gasteiger partial charge in [0.05, 0.1) is 7.11 Å². The smallest absolute Gasteiger partial charge is 0.283 e. The molecule has 4 nitrogen and oxygen atoms in total. The van der Waals surface area contributed by atoms with Crippen LogP contribution in [0.2, 0.25) is 5.02 Å². The number of aryl methyl sites for hydroxylation is 1. The largest absolute Gasteiger partial charge is 0.496 e. The first kappa shape index (κ1) is 18.4. The maximum absolute atomic E-state index is 6.18. The van der Waals surface area contributed by atoms with Crippen LogP contribution in [-0.2, 0) is 10.3 Å². The molecule has 0 saturated heterocycles. The maximum Gasteiger partial charge on any atom is 0.283 e. The normalized spacial score (nSPS) is 18.5. The minimum atomic E-state index is -0.699. The van der Waals surface area contributed by atoms with Gasteiger partial charge < -0.3 is 15.2 Å². The monoisotopic (exact) mass is 392 g/mol. The molecule has 0 radical (unpaired) electrons. The number of hydrogen-bond acceptors (Lipinski definition) is 4. The van der Waals surface area contributed by atoms with E-state index in [1.54, 1.807) is 7.11 Å². The van der Waals surface area contributed by atoms with Crippen LogP contribution in [0.3, 0.4) is 0 Å². The summed E-state index contributed by atoms with van der Waals surface area (Å²) in [5.41, 5.74) is 10.4. The van der Waals surface area contributed by atoms with Crippen molar-refractivity contribution >= 4 is 17.6 Å². The van der Waals surface area contributed by atoms with E-state index in [0.717, 1.165) is 33.6 Å². The molecule has 3 aromatic rings. The van der Waals surface area contributed by atoms with E-state index >= 15 is 0 Å². The van der Waals surface area contributed by atoms with Gasteiger partial charge in [-0.15, -0.1) is 0 Å². The number of halogens is 1. The molecule has 4 rings (SSSR count). The van der Waals surface area contributed by atoms with Crippen LogP contribution in [0.5, 0.6) is 5.75 Å². The fourth-order valence-electron chi connectivity index (χ4n) is 3.65. The van der Waals surface area contributed by atoms with E-state index in [-0.39, 0.29) is 6.02 Å². The molecule has 0 amide bonds. The summed E-state index contributed by atoms with van der Waals surface area (Å²) in [7, 11) is 1.67. The van der Waals surface area contributed by atoms with Gasteiger partial charge in [0.25, 0.3) is 6.02 Å². The highest BCUT2D eigenvalue weighted by molar-refractivity contribution is 6.30. The molecule has 0 fully saturated rings. The van der Waals surface area contributed by atoms with E-state index < -0.39 is 5.54 Å². The summed E-state index contributed by atoms with van der Waals surface area (Å²) in [6, 6.07) is 22.3. The molecule has 28 heavy (non-hydrogen) atoms. The van der Waals surface area contributed by atoms with Gasteiger partial charge in [-0.3, -0.25) is 0 Å². The third kappa shape index (κ3) is 3.20. The fourth-order valence-corrected chi connectivity index (χ4v) is 3.84. The minimum Gasteiger partial charge on any atom is -0.496 e. The molecule has 0 aromatic heterocycles. The molecule has 1 heterocycles. The topological polar surface area (TPSA) is 56.8 Å². The SMILES string of the molecule is COc1ccc(C2(c3cccc(-c4cccc(Cl)c4)c3)COC(N)=N2)cc1C. The second-order valence-electron chi connectivity index (χ2n) is 6.87. The van der Waals surface area contributed by atoms with Crippen molar-refractivity contribution in [1.82, 2.24) is 0 Å². The Kier molecular flexibility index (Phi) is 4.73. The lowest BCUT2D eigenvalue weighted by Crippen LogP contribution is -2.27. The van der Waals surface area contributed by atoms with Crippen LogP contribution < -0.4 is 10.5 Å². The zero-order chi connectivity index (χ0) is 19.7. The Morgan fingerprint density at radius 2 is 1.71 bits per heavy atom. The van der Waals surface area contributed by atoms with Crippen LogP contribution in [0.15, 0.2) is 71.7 Å². The zero-order valence-corrected chi connectivity index (χ0v) is 16.5. The molecule has 3 aromatic carbocycles. The first-order valence-electron chi connectivity index (χ1n) is 9.01. The van der Waals surface area contributed by atoms with Gasteiger partial charge in [0.1, 0.15) is 12.4 Å². The number of ether oxygens (including phenoxy) is 2. The summed E-state index contributed by atoms with van der Waals surface area (Å²) in [6.07, 6.45) is 0. The summed E-state index contributed by atoms with van der Waals surface area (Å²) in [4.78, 5) is 4.71. The number of hydrogen-bond donors (Lipinski definition) is 1. The highest BCUT2D eigenvalue weighted by Gasteiger charge is 2.40. The molecule has 1 atom stereocenters. The van der Waals surface area contributed by atoms with Gasteiger partial charge in [0, 0.05) is 5.02 Å². The van der Waals surface area contributed by atoms with E-state index in [4.69, 9.17) is 31.8 Å². The minimum absolute atomic E-state index is 0.196. The number of methoxy groups -OCH3 is 1. The molecule has 0 bridgehead atoms. The first-order chi connectivity index (χ1) is 13.5. The Bertz CT molecular complexity index is 1060. The second-order valence-corrected chi connectivity index (χ2v) is 7.31. The van der Waals surface area contributed by atoms with Crippen LogP contribution in [0, 0.1) is 6.92 Å². The van der Waals surface area contributed by atoms with Crippen LogP contribution in [0.4, 0.5) is 0 Å². The first-order valence-corrected chi connectivity index (χ1v) is 9.39. The van der Waals surface area contributed by atoms with Gasteiger partial charge in [-0.2, -0.15) is 0 Å². The van der Waals surface area contributed by atoms with Gasteiger partial charge in [0.15, 0.2) is 5.54 Å². The molecule has 1 aliphatic rings. The van der Waals surface area contributed by atoms with Gasteiger partial charge in [-0.05, 0) is 65.1 Å². The molecular weight excluding hydrogens is 372 g/mol. The van der Waals surface area contributed by atoms with Crippen LogP contribution in [0.1, 0.15) is 16.7 Å². The van der Waals surface area contributed by atoms with E-state index in [2.05, 4.69) is 24.3 Å².